The number of thiophene rings is 1. The molecule has 1 aromatic heterocycles. The van der Waals surface area contributed by atoms with Crippen molar-refractivity contribution >= 4 is 28.8 Å². The first-order valence-corrected chi connectivity index (χ1v) is 10.3. The van der Waals surface area contributed by atoms with Crippen molar-refractivity contribution in [2.75, 3.05) is 18.4 Å². The fourth-order valence-corrected chi connectivity index (χ4v) is 3.85. The van der Waals surface area contributed by atoms with Crippen LogP contribution in [0.25, 0.3) is 0 Å². The summed E-state index contributed by atoms with van der Waals surface area (Å²) >= 11 is 1.36. The molecule has 0 atom stereocenters. The van der Waals surface area contributed by atoms with Crippen molar-refractivity contribution in [3.05, 3.63) is 52.2 Å². The zero-order valence-electron chi connectivity index (χ0n) is 16.0. The van der Waals surface area contributed by atoms with Crippen LogP contribution in [-0.4, -0.2) is 35.3 Å². The predicted octanol–water partition coefficient (Wildman–Crippen LogP) is 3.88. The van der Waals surface area contributed by atoms with Gasteiger partial charge < -0.3 is 10.6 Å². The summed E-state index contributed by atoms with van der Waals surface area (Å²) in [5.41, 5.74) is 0.902. The van der Waals surface area contributed by atoms with E-state index in [9.17, 15) is 9.59 Å². The third-order valence-corrected chi connectivity index (χ3v) is 5.72. The van der Waals surface area contributed by atoms with Crippen LogP contribution in [0.3, 0.4) is 0 Å². The van der Waals surface area contributed by atoms with Gasteiger partial charge in [-0.25, -0.2) is 0 Å². The molecule has 2 aromatic rings. The van der Waals surface area contributed by atoms with Crippen LogP contribution in [0.15, 0.2) is 41.8 Å². The Kier molecular flexibility index (Phi) is 6.29. The van der Waals surface area contributed by atoms with Gasteiger partial charge in [0.15, 0.2) is 0 Å². The Morgan fingerprint density at radius 2 is 1.81 bits per heavy atom. The number of carbonyl (C=O) groups excluding carboxylic acids is 2. The van der Waals surface area contributed by atoms with Crippen molar-refractivity contribution in [2.45, 2.75) is 45.2 Å². The van der Waals surface area contributed by atoms with Crippen LogP contribution in [0, 0.1) is 0 Å². The van der Waals surface area contributed by atoms with Crippen LogP contribution in [-0.2, 0) is 11.3 Å². The Morgan fingerprint density at radius 1 is 1.07 bits per heavy atom. The standard InChI is InChI=1S/C21H27N3O2S/c1-21(2,23-19(25)18-11-8-14-27-18)20(26)22-17-10-5-4-9-16(17)15-24-12-6-3-7-13-24/h4-5,8-11,14H,3,6-7,12-13,15H2,1-2H3,(H,22,26)(H,23,25). The van der Waals surface area contributed by atoms with Crippen LogP contribution in [0.4, 0.5) is 5.69 Å². The lowest BCUT2D eigenvalue weighted by Crippen LogP contribution is -2.52. The molecule has 144 valence electrons. The molecule has 0 radical (unpaired) electrons. The minimum absolute atomic E-state index is 0.224. The molecule has 6 heteroatoms. The molecule has 0 bridgehead atoms. The molecular weight excluding hydrogens is 358 g/mol. The first-order valence-electron chi connectivity index (χ1n) is 9.43. The number of amides is 2. The second kappa shape index (κ2) is 8.67. The molecule has 1 fully saturated rings. The molecule has 2 N–H and O–H groups in total. The lowest BCUT2D eigenvalue weighted by atomic mass is 10.0. The average Bonchev–Trinajstić information content (AvgIpc) is 3.19. The van der Waals surface area contributed by atoms with Gasteiger partial charge in [-0.1, -0.05) is 30.7 Å². The smallest absolute Gasteiger partial charge is 0.262 e. The zero-order valence-corrected chi connectivity index (χ0v) is 16.8. The summed E-state index contributed by atoms with van der Waals surface area (Å²) in [4.78, 5) is 28.2. The summed E-state index contributed by atoms with van der Waals surface area (Å²) < 4.78 is 0. The van der Waals surface area contributed by atoms with Crippen molar-refractivity contribution in [2.24, 2.45) is 0 Å². The van der Waals surface area contributed by atoms with Gasteiger partial charge >= 0.3 is 0 Å². The number of likely N-dealkylation sites (tertiary alicyclic amines) is 1. The largest absolute Gasteiger partial charge is 0.337 e. The summed E-state index contributed by atoms with van der Waals surface area (Å²) in [5, 5.41) is 7.69. The normalized spacial score (nSPS) is 15.3. The number of rotatable bonds is 6. The molecule has 0 saturated carbocycles. The number of piperidine rings is 1. The van der Waals surface area contributed by atoms with Crippen LogP contribution >= 0.6 is 11.3 Å². The van der Waals surface area contributed by atoms with E-state index >= 15 is 0 Å². The van der Waals surface area contributed by atoms with E-state index in [0.717, 1.165) is 30.9 Å². The summed E-state index contributed by atoms with van der Waals surface area (Å²) in [5.74, 6) is -0.453. The lowest BCUT2D eigenvalue weighted by molar-refractivity contribution is -0.120. The second-order valence-electron chi connectivity index (χ2n) is 7.50. The number of carbonyl (C=O) groups is 2. The molecule has 0 unspecified atom stereocenters. The van der Waals surface area contributed by atoms with E-state index in [1.807, 2.05) is 29.6 Å². The van der Waals surface area contributed by atoms with E-state index in [0.29, 0.717) is 4.88 Å². The van der Waals surface area contributed by atoms with Gasteiger partial charge in [-0.3, -0.25) is 14.5 Å². The number of hydrogen-bond acceptors (Lipinski definition) is 4. The van der Waals surface area contributed by atoms with E-state index in [4.69, 9.17) is 0 Å². The highest BCUT2D eigenvalue weighted by Crippen LogP contribution is 2.21. The summed E-state index contributed by atoms with van der Waals surface area (Å²) in [6, 6.07) is 11.5. The van der Waals surface area contributed by atoms with Crippen LogP contribution in [0.2, 0.25) is 0 Å². The lowest BCUT2D eigenvalue weighted by Gasteiger charge is -2.28. The molecule has 5 nitrogen and oxygen atoms in total. The molecule has 0 spiro atoms. The average molecular weight is 386 g/mol. The molecule has 1 aromatic carbocycles. The summed E-state index contributed by atoms with van der Waals surface area (Å²) in [6.07, 6.45) is 3.76. The van der Waals surface area contributed by atoms with Gasteiger partial charge in [0.25, 0.3) is 5.91 Å². The highest BCUT2D eigenvalue weighted by Gasteiger charge is 2.30. The maximum Gasteiger partial charge on any atom is 0.262 e. The number of benzene rings is 1. The predicted molar refractivity (Wildman–Crippen MR) is 110 cm³/mol. The molecule has 3 rings (SSSR count). The van der Waals surface area contributed by atoms with E-state index in [1.54, 1.807) is 19.9 Å². The number of hydrogen-bond donors (Lipinski definition) is 2. The Balaban J connectivity index is 1.66. The van der Waals surface area contributed by atoms with E-state index in [1.165, 1.54) is 30.6 Å². The maximum atomic E-state index is 12.8. The van der Waals surface area contributed by atoms with Gasteiger partial charge in [0.05, 0.1) is 4.88 Å². The van der Waals surface area contributed by atoms with Gasteiger partial charge in [0.2, 0.25) is 5.91 Å². The third-order valence-electron chi connectivity index (χ3n) is 4.85. The van der Waals surface area contributed by atoms with E-state index in [-0.39, 0.29) is 11.8 Å². The Hall–Kier alpha value is -2.18. The number of nitrogens with zero attached hydrogens (tertiary/aromatic N) is 1. The van der Waals surface area contributed by atoms with Gasteiger partial charge in [0, 0.05) is 12.2 Å². The summed E-state index contributed by atoms with van der Waals surface area (Å²) in [7, 11) is 0. The molecule has 1 aliphatic heterocycles. The topological polar surface area (TPSA) is 61.4 Å². The first kappa shape index (κ1) is 19.6. The first-order chi connectivity index (χ1) is 13.0. The molecular formula is C21H27N3O2S. The fraction of sp³-hybridized carbons (Fsp3) is 0.429. The van der Waals surface area contributed by atoms with Crippen molar-refractivity contribution in [1.29, 1.82) is 0 Å². The fourth-order valence-electron chi connectivity index (χ4n) is 3.23. The zero-order chi connectivity index (χ0) is 19.3. The quantitative estimate of drug-likeness (QED) is 0.793. The Morgan fingerprint density at radius 3 is 2.52 bits per heavy atom. The van der Waals surface area contributed by atoms with Crippen LogP contribution in [0.1, 0.15) is 48.3 Å². The third kappa shape index (κ3) is 5.17. The van der Waals surface area contributed by atoms with Gasteiger partial charge in [0.1, 0.15) is 5.54 Å². The van der Waals surface area contributed by atoms with Crippen molar-refractivity contribution in [1.82, 2.24) is 10.2 Å². The van der Waals surface area contributed by atoms with Crippen LogP contribution in [0.5, 0.6) is 0 Å². The number of anilines is 1. The molecule has 2 amide bonds. The van der Waals surface area contributed by atoms with Gasteiger partial charge in [-0.15, -0.1) is 11.3 Å². The van der Waals surface area contributed by atoms with Crippen LogP contribution < -0.4 is 10.6 Å². The summed E-state index contributed by atoms with van der Waals surface area (Å²) in [6.45, 7) is 6.48. The number of nitrogens with one attached hydrogen (secondary N) is 2. The SMILES string of the molecule is CC(C)(NC(=O)c1cccs1)C(=O)Nc1ccccc1CN1CCCCC1. The highest BCUT2D eigenvalue weighted by atomic mass is 32.1. The van der Waals surface area contributed by atoms with E-state index < -0.39 is 5.54 Å². The minimum Gasteiger partial charge on any atom is -0.337 e. The molecule has 2 heterocycles. The van der Waals surface area contributed by atoms with E-state index in [2.05, 4.69) is 21.6 Å². The molecule has 1 saturated heterocycles. The van der Waals surface area contributed by atoms with Gasteiger partial charge in [-0.2, -0.15) is 0 Å². The maximum absolute atomic E-state index is 12.8. The van der Waals surface area contributed by atoms with Crippen molar-refractivity contribution in [3.63, 3.8) is 0 Å². The molecule has 1 aliphatic rings. The minimum atomic E-state index is -1.01. The number of para-hydroxylation sites is 1. The molecule has 0 aliphatic carbocycles. The highest BCUT2D eigenvalue weighted by molar-refractivity contribution is 7.12. The Labute approximate surface area is 164 Å². The van der Waals surface area contributed by atoms with Crippen molar-refractivity contribution in [3.8, 4) is 0 Å². The second-order valence-corrected chi connectivity index (χ2v) is 8.45. The van der Waals surface area contributed by atoms with Crippen molar-refractivity contribution < 1.29 is 9.59 Å². The Bertz CT molecular complexity index is 780. The van der Waals surface area contributed by atoms with Gasteiger partial charge in [-0.05, 0) is 62.9 Å². The molecule has 27 heavy (non-hydrogen) atoms. The monoisotopic (exact) mass is 385 g/mol.